The highest BCUT2D eigenvalue weighted by Gasteiger charge is 2.03. The highest BCUT2D eigenvalue weighted by molar-refractivity contribution is 7.84. The van der Waals surface area contributed by atoms with E-state index in [0.717, 1.165) is 0 Å². The van der Waals surface area contributed by atoms with E-state index in [1.807, 2.05) is 0 Å². The lowest BCUT2D eigenvalue weighted by molar-refractivity contribution is -0.120. The molecule has 0 fully saturated rings. The minimum Gasteiger partial charge on any atom is -0.397 e. The third-order valence-corrected chi connectivity index (χ3v) is 2.68. The highest BCUT2D eigenvalue weighted by Crippen LogP contribution is 2.01. The standard InChI is InChI=1S/C10H15N3O2S/c1-16(15)5-4-12-10(14)6-9-3-2-8(11)7-13-9/h2-3,7H,4-6,11H2,1H3,(H,12,14). The van der Waals surface area contributed by atoms with E-state index in [1.165, 1.54) is 6.20 Å². The van der Waals surface area contributed by atoms with E-state index in [0.29, 0.717) is 23.7 Å². The second-order valence-corrected chi connectivity index (χ2v) is 4.94. The van der Waals surface area contributed by atoms with Gasteiger partial charge in [0.2, 0.25) is 5.91 Å². The van der Waals surface area contributed by atoms with Gasteiger partial charge in [-0.2, -0.15) is 0 Å². The fourth-order valence-corrected chi connectivity index (χ4v) is 1.49. The second-order valence-electron chi connectivity index (χ2n) is 3.39. The summed E-state index contributed by atoms with van der Waals surface area (Å²) >= 11 is 0. The number of carbonyl (C=O) groups excluding carboxylic acids is 1. The molecule has 1 unspecified atom stereocenters. The van der Waals surface area contributed by atoms with Crippen LogP contribution in [-0.2, 0) is 22.0 Å². The second kappa shape index (κ2) is 6.22. The molecule has 6 heteroatoms. The van der Waals surface area contributed by atoms with Crippen LogP contribution in [0.2, 0.25) is 0 Å². The summed E-state index contributed by atoms with van der Waals surface area (Å²) in [5.41, 5.74) is 6.72. The lowest BCUT2D eigenvalue weighted by atomic mass is 10.2. The van der Waals surface area contributed by atoms with E-state index in [-0.39, 0.29) is 12.3 Å². The minimum absolute atomic E-state index is 0.122. The number of anilines is 1. The summed E-state index contributed by atoms with van der Waals surface area (Å²) in [6.45, 7) is 0.427. The first-order chi connectivity index (χ1) is 7.58. The average Bonchev–Trinajstić information content (AvgIpc) is 2.21. The van der Waals surface area contributed by atoms with Crippen molar-refractivity contribution in [1.82, 2.24) is 10.3 Å². The first-order valence-electron chi connectivity index (χ1n) is 4.85. The van der Waals surface area contributed by atoms with Gasteiger partial charge in [0.05, 0.1) is 18.3 Å². The van der Waals surface area contributed by atoms with Crippen molar-refractivity contribution in [2.45, 2.75) is 6.42 Å². The molecule has 0 saturated carbocycles. The lowest BCUT2D eigenvalue weighted by Gasteiger charge is -2.03. The Morgan fingerprint density at radius 2 is 2.31 bits per heavy atom. The van der Waals surface area contributed by atoms with Crippen molar-refractivity contribution >= 4 is 22.4 Å². The van der Waals surface area contributed by atoms with Gasteiger partial charge in [-0.15, -0.1) is 0 Å². The summed E-state index contributed by atoms with van der Waals surface area (Å²) in [6.07, 6.45) is 3.34. The summed E-state index contributed by atoms with van der Waals surface area (Å²) < 4.78 is 10.8. The SMILES string of the molecule is CS(=O)CCNC(=O)Cc1ccc(N)cn1. The number of nitrogens with two attached hydrogens (primary N) is 1. The summed E-state index contributed by atoms with van der Waals surface area (Å²) in [4.78, 5) is 15.4. The number of carbonyl (C=O) groups is 1. The Morgan fingerprint density at radius 1 is 1.56 bits per heavy atom. The molecule has 0 spiro atoms. The maximum atomic E-state index is 11.4. The molecule has 0 bridgehead atoms. The zero-order valence-electron chi connectivity index (χ0n) is 9.10. The molecule has 1 rings (SSSR count). The normalized spacial score (nSPS) is 12.1. The van der Waals surface area contributed by atoms with Crippen LogP contribution in [-0.4, -0.2) is 33.7 Å². The van der Waals surface area contributed by atoms with Gasteiger partial charge in [-0.25, -0.2) is 0 Å². The van der Waals surface area contributed by atoms with Gasteiger partial charge in [0, 0.05) is 35.0 Å². The molecular weight excluding hydrogens is 226 g/mol. The molecule has 5 nitrogen and oxygen atoms in total. The summed E-state index contributed by atoms with van der Waals surface area (Å²) in [5.74, 6) is 0.351. The maximum absolute atomic E-state index is 11.4. The number of hydrogen-bond acceptors (Lipinski definition) is 4. The molecule has 16 heavy (non-hydrogen) atoms. The van der Waals surface area contributed by atoms with Crippen molar-refractivity contribution in [3.8, 4) is 0 Å². The monoisotopic (exact) mass is 241 g/mol. The van der Waals surface area contributed by atoms with Gasteiger partial charge in [-0.05, 0) is 12.1 Å². The Balaban J connectivity index is 2.34. The molecular formula is C10H15N3O2S. The van der Waals surface area contributed by atoms with E-state index in [4.69, 9.17) is 5.73 Å². The molecule has 0 aliphatic carbocycles. The van der Waals surface area contributed by atoms with E-state index >= 15 is 0 Å². The highest BCUT2D eigenvalue weighted by atomic mass is 32.2. The van der Waals surface area contributed by atoms with Crippen molar-refractivity contribution in [2.24, 2.45) is 0 Å². The fourth-order valence-electron chi connectivity index (χ4n) is 1.10. The molecule has 0 saturated heterocycles. The molecule has 1 amide bonds. The Bertz CT molecular complexity index is 378. The van der Waals surface area contributed by atoms with Gasteiger partial charge < -0.3 is 11.1 Å². The molecule has 0 radical (unpaired) electrons. The number of nitrogens with one attached hydrogen (secondary N) is 1. The van der Waals surface area contributed by atoms with Crippen LogP contribution in [0.15, 0.2) is 18.3 Å². The third kappa shape index (κ3) is 4.88. The Kier molecular flexibility index (Phi) is 4.91. The predicted octanol–water partition coefficient (Wildman–Crippen LogP) is -0.299. The number of hydrogen-bond donors (Lipinski definition) is 2. The van der Waals surface area contributed by atoms with E-state index < -0.39 is 10.8 Å². The van der Waals surface area contributed by atoms with E-state index in [9.17, 15) is 9.00 Å². The molecule has 1 heterocycles. The molecule has 0 aliphatic rings. The molecule has 1 aromatic heterocycles. The maximum Gasteiger partial charge on any atom is 0.226 e. The van der Waals surface area contributed by atoms with Crippen molar-refractivity contribution in [2.75, 3.05) is 24.3 Å². The first kappa shape index (κ1) is 12.6. The number of pyridine rings is 1. The fraction of sp³-hybridized carbons (Fsp3) is 0.400. The van der Waals surface area contributed by atoms with E-state index in [1.54, 1.807) is 18.4 Å². The Hall–Kier alpha value is -1.43. The molecule has 0 aliphatic heterocycles. The number of amides is 1. The summed E-state index contributed by atoms with van der Waals surface area (Å²) in [5, 5.41) is 2.67. The van der Waals surface area contributed by atoms with Crippen molar-refractivity contribution in [1.29, 1.82) is 0 Å². The van der Waals surface area contributed by atoms with Gasteiger partial charge in [0.25, 0.3) is 0 Å². The summed E-state index contributed by atoms with van der Waals surface area (Å²) in [6, 6.07) is 3.42. The largest absolute Gasteiger partial charge is 0.397 e. The zero-order chi connectivity index (χ0) is 12.0. The first-order valence-corrected chi connectivity index (χ1v) is 6.58. The van der Waals surface area contributed by atoms with Crippen LogP contribution in [0.3, 0.4) is 0 Å². The predicted molar refractivity (Wildman–Crippen MR) is 64.3 cm³/mol. The van der Waals surface area contributed by atoms with Crippen LogP contribution in [0.5, 0.6) is 0 Å². The van der Waals surface area contributed by atoms with Crippen LogP contribution < -0.4 is 11.1 Å². The number of nitrogens with zero attached hydrogens (tertiary/aromatic N) is 1. The van der Waals surface area contributed by atoms with Gasteiger partial charge in [-0.3, -0.25) is 14.0 Å². The van der Waals surface area contributed by atoms with Crippen molar-refractivity contribution in [3.63, 3.8) is 0 Å². The van der Waals surface area contributed by atoms with Crippen molar-refractivity contribution in [3.05, 3.63) is 24.0 Å². The van der Waals surface area contributed by atoms with E-state index in [2.05, 4.69) is 10.3 Å². The van der Waals surface area contributed by atoms with Crippen LogP contribution in [0.1, 0.15) is 5.69 Å². The average molecular weight is 241 g/mol. The molecule has 0 aromatic carbocycles. The smallest absolute Gasteiger partial charge is 0.226 e. The van der Waals surface area contributed by atoms with Crippen LogP contribution in [0, 0.1) is 0 Å². The number of rotatable bonds is 5. The Morgan fingerprint density at radius 3 is 2.88 bits per heavy atom. The van der Waals surface area contributed by atoms with Gasteiger partial charge >= 0.3 is 0 Å². The number of nitrogen functional groups attached to an aromatic ring is 1. The topological polar surface area (TPSA) is 85.1 Å². The molecule has 1 aromatic rings. The number of aromatic nitrogens is 1. The van der Waals surface area contributed by atoms with Crippen LogP contribution in [0.25, 0.3) is 0 Å². The quantitative estimate of drug-likeness (QED) is 0.741. The molecule has 88 valence electrons. The van der Waals surface area contributed by atoms with Gasteiger partial charge in [-0.1, -0.05) is 0 Å². The summed E-state index contributed by atoms with van der Waals surface area (Å²) in [7, 11) is -0.878. The van der Waals surface area contributed by atoms with Crippen LogP contribution >= 0.6 is 0 Å². The lowest BCUT2D eigenvalue weighted by Crippen LogP contribution is -2.29. The minimum atomic E-state index is -0.878. The van der Waals surface area contributed by atoms with Gasteiger partial charge in [0.15, 0.2) is 0 Å². The molecule has 3 N–H and O–H groups in total. The van der Waals surface area contributed by atoms with Crippen LogP contribution in [0.4, 0.5) is 5.69 Å². The zero-order valence-corrected chi connectivity index (χ0v) is 9.92. The molecule has 1 atom stereocenters. The van der Waals surface area contributed by atoms with Gasteiger partial charge in [0.1, 0.15) is 0 Å². The van der Waals surface area contributed by atoms with Crippen molar-refractivity contribution < 1.29 is 9.00 Å². The third-order valence-electron chi connectivity index (χ3n) is 1.90. The Labute approximate surface area is 96.9 Å².